The van der Waals surface area contributed by atoms with Gasteiger partial charge in [0.2, 0.25) is 0 Å². The molecule has 0 bridgehead atoms. The summed E-state index contributed by atoms with van der Waals surface area (Å²) >= 11 is 15.1. The molecule has 0 aliphatic heterocycles. The van der Waals surface area contributed by atoms with Crippen LogP contribution in [0.15, 0.2) is 41.0 Å². The van der Waals surface area contributed by atoms with Crippen molar-refractivity contribution in [3.05, 3.63) is 56.7 Å². The predicted octanol–water partition coefficient (Wildman–Crippen LogP) is 4.76. The number of aromatic nitrogens is 1. The van der Waals surface area contributed by atoms with Crippen LogP contribution < -0.4 is 5.32 Å². The normalized spacial score (nSPS) is 10.3. The average Bonchev–Trinajstić information content (AvgIpc) is 2.33. The van der Waals surface area contributed by atoms with Crippen LogP contribution in [0, 0.1) is 0 Å². The standard InChI is InChI=1S/C12H9BrCl2N2/c13-10-3-1-8(5-11(10)14)6-16-9-2-4-12(15)17-7-9/h1-5,7,16H,6H2. The molecule has 0 spiro atoms. The zero-order valence-corrected chi connectivity index (χ0v) is 11.9. The number of benzene rings is 1. The van der Waals surface area contributed by atoms with Crippen LogP contribution in [0.3, 0.4) is 0 Å². The minimum absolute atomic E-state index is 0.488. The van der Waals surface area contributed by atoms with Crippen molar-refractivity contribution in [1.29, 1.82) is 0 Å². The molecule has 1 aromatic heterocycles. The zero-order valence-electron chi connectivity index (χ0n) is 8.75. The Bertz CT molecular complexity index is 514. The summed E-state index contributed by atoms with van der Waals surface area (Å²) in [6, 6.07) is 9.49. The lowest BCUT2D eigenvalue weighted by Crippen LogP contribution is -1.99. The highest BCUT2D eigenvalue weighted by atomic mass is 79.9. The Kier molecular flexibility index (Phi) is 4.26. The molecule has 1 heterocycles. The van der Waals surface area contributed by atoms with Gasteiger partial charge in [-0.05, 0) is 45.8 Å². The van der Waals surface area contributed by atoms with Gasteiger partial charge in [-0.25, -0.2) is 4.98 Å². The summed E-state index contributed by atoms with van der Waals surface area (Å²) in [5.74, 6) is 0. The third-order valence-corrected chi connectivity index (χ3v) is 3.66. The summed E-state index contributed by atoms with van der Waals surface area (Å²) in [6.07, 6.45) is 1.70. The number of nitrogens with zero attached hydrogens (tertiary/aromatic N) is 1. The Morgan fingerprint density at radius 2 is 2.00 bits per heavy atom. The zero-order chi connectivity index (χ0) is 12.3. The lowest BCUT2D eigenvalue weighted by atomic mass is 10.2. The maximum absolute atomic E-state index is 6.01. The number of rotatable bonds is 3. The van der Waals surface area contributed by atoms with Gasteiger partial charge in [-0.3, -0.25) is 0 Å². The van der Waals surface area contributed by atoms with Gasteiger partial charge in [-0.1, -0.05) is 29.3 Å². The minimum atomic E-state index is 0.488. The molecule has 0 unspecified atom stereocenters. The van der Waals surface area contributed by atoms with Gasteiger partial charge in [0.25, 0.3) is 0 Å². The van der Waals surface area contributed by atoms with Crippen LogP contribution in [0.5, 0.6) is 0 Å². The smallest absolute Gasteiger partial charge is 0.129 e. The molecule has 0 radical (unpaired) electrons. The van der Waals surface area contributed by atoms with Crippen LogP contribution in [0.1, 0.15) is 5.56 Å². The summed E-state index contributed by atoms with van der Waals surface area (Å²) in [5, 5.41) is 4.43. The molecular formula is C12H9BrCl2N2. The SMILES string of the molecule is Clc1ccc(NCc2ccc(Br)c(Cl)c2)cn1. The number of halogens is 3. The van der Waals surface area contributed by atoms with E-state index in [9.17, 15) is 0 Å². The molecule has 17 heavy (non-hydrogen) atoms. The Balaban J connectivity index is 2.02. The molecule has 0 aliphatic rings. The maximum atomic E-state index is 6.01. The third-order valence-electron chi connectivity index (χ3n) is 2.21. The van der Waals surface area contributed by atoms with Gasteiger partial charge in [0.05, 0.1) is 16.9 Å². The Hall–Kier alpha value is -0.770. The van der Waals surface area contributed by atoms with E-state index < -0.39 is 0 Å². The third kappa shape index (κ3) is 3.60. The van der Waals surface area contributed by atoms with Crippen LogP contribution in [0.4, 0.5) is 5.69 Å². The van der Waals surface area contributed by atoms with Crippen molar-refractivity contribution in [2.75, 3.05) is 5.32 Å². The highest BCUT2D eigenvalue weighted by Crippen LogP contribution is 2.23. The Morgan fingerprint density at radius 1 is 1.18 bits per heavy atom. The summed E-state index contributed by atoms with van der Waals surface area (Å²) in [4.78, 5) is 3.99. The van der Waals surface area contributed by atoms with Crippen LogP contribution in [0.2, 0.25) is 10.2 Å². The maximum Gasteiger partial charge on any atom is 0.129 e. The predicted molar refractivity (Wildman–Crippen MR) is 75.7 cm³/mol. The van der Waals surface area contributed by atoms with Crippen LogP contribution >= 0.6 is 39.1 Å². The molecule has 2 aromatic rings. The van der Waals surface area contributed by atoms with Gasteiger partial charge >= 0.3 is 0 Å². The highest BCUT2D eigenvalue weighted by molar-refractivity contribution is 9.10. The Labute approximate surface area is 118 Å². The van der Waals surface area contributed by atoms with Crippen LogP contribution in [0.25, 0.3) is 0 Å². The molecule has 1 aromatic carbocycles. The van der Waals surface area contributed by atoms with E-state index in [1.54, 1.807) is 12.3 Å². The molecule has 2 nitrogen and oxygen atoms in total. The second kappa shape index (κ2) is 5.71. The number of pyridine rings is 1. The van der Waals surface area contributed by atoms with Gasteiger partial charge in [-0.2, -0.15) is 0 Å². The lowest BCUT2D eigenvalue weighted by Gasteiger charge is -2.07. The summed E-state index contributed by atoms with van der Waals surface area (Å²) in [7, 11) is 0. The number of hydrogen-bond acceptors (Lipinski definition) is 2. The van der Waals surface area contributed by atoms with Crippen LogP contribution in [-0.4, -0.2) is 4.98 Å². The van der Waals surface area contributed by atoms with E-state index in [-0.39, 0.29) is 0 Å². The summed E-state index contributed by atoms with van der Waals surface area (Å²) in [6.45, 7) is 0.691. The molecule has 0 amide bonds. The van der Waals surface area contributed by atoms with Crippen molar-refractivity contribution >= 4 is 44.8 Å². The molecule has 0 atom stereocenters. The van der Waals surface area contributed by atoms with Gasteiger partial charge in [0.15, 0.2) is 0 Å². The number of hydrogen-bond donors (Lipinski definition) is 1. The van der Waals surface area contributed by atoms with Crippen molar-refractivity contribution in [2.24, 2.45) is 0 Å². The summed E-state index contributed by atoms with van der Waals surface area (Å²) < 4.78 is 0.899. The van der Waals surface area contributed by atoms with Crippen molar-refractivity contribution in [2.45, 2.75) is 6.54 Å². The van der Waals surface area contributed by atoms with Crippen molar-refractivity contribution < 1.29 is 0 Å². The van der Waals surface area contributed by atoms with Crippen molar-refractivity contribution in [3.63, 3.8) is 0 Å². The van der Waals surface area contributed by atoms with E-state index >= 15 is 0 Å². The quantitative estimate of drug-likeness (QED) is 0.820. The van der Waals surface area contributed by atoms with E-state index in [1.165, 1.54) is 0 Å². The van der Waals surface area contributed by atoms with E-state index in [0.717, 1.165) is 15.7 Å². The van der Waals surface area contributed by atoms with Gasteiger partial charge in [0, 0.05) is 11.0 Å². The molecule has 5 heteroatoms. The average molecular weight is 332 g/mol. The van der Waals surface area contributed by atoms with Crippen molar-refractivity contribution in [1.82, 2.24) is 4.98 Å². The fourth-order valence-corrected chi connectivity index (χ4v) is 1.90. The Morgan fingerprint density at radius 3 is 2.65 bits per heavy atom. The molecule has 0 saturated heterocycles. The van der Waals surface area contributed by atoms with E-state index in [0.29, 0.717) is 16.7 Å². The lowest BCUT2D eigenvalue weighted by molar-refractivity contribution is 1.14. The molecule has 2 rings (SSSR count). The monoisotopic (exact) mass is 330 g/mol. The van der Waals surface area contributed by atoms with E-state index in [1.807, 2.05) is 24.3 Å². The minimum Gasteiger partial charge on any atom is -0.380 e. The second-order valence-electron chi connectivity index (χ2n) is 3.47. The first kappa shape index (κ1) is 12.7. The molecule has 0 saturated carbocycles. The first-order valence-corrected chi connectivity index (χ1v) is 6.49. The van der Waals surface area contributed by atoms with Gasteiger partial charge in [0.1, 0.15) is 5.15 Å². The topological polar surface area (TPSA) is 24.9 Å². The van der Waals surface area contributed by atoms with E-state index in [4.69, 9.17) is 23.2 Å². The molecule has 1 N–H and O–H groups in total. The second-order valence-corrected chi connectivity index (χ2v) is 5.12. The first-order chi connectivity index (χ1) is 8.15. The van der Waals surface area contributed by atoms with Crippen molar-refractivity contribution in [3.8, 4) is 0 Å². The number of nitrogens with one attached hydrogen (secondary N) is 1. The van der Waals surface area contributed by atoms with Crippen LogP contribution in [-0.2, 0) is 6.54 Å². The largest absolute Gasteiger partial charge is 0.380 e. The first-order valence-electron chi connectivity index (χ1n) is 4.94. The molecule has 0 fully saturated rings. The molecular weight excluding hydrogens is 323 g/mol. The molecule has 0 aliphatic carbocycles. The van der Waals surface area contributed by atoms with E-state index in [2.05, 4.69) is 26.2 Å². The highest BCUT2D eigenvalue weighted by Gasteiger charge is 1.99. The fraction of sp³-hybridized carbons (Fsp3) is 0.0833. The molecule has 88 valence electrons. The number of anilines is 1. The van der Waals surface area contributed by atoms with Gasteiger partial charge < -0.3 is 5.32 Å². The van der Waals surface area contributed by atoms with Gasteiger partial charge in [-0.15, -0.1) is 0 Å². The fourth-order valence-electron chi connectivity index (χ4n) is 1.33. The summed E-state index contributed by atoms with van der Waals surface area (Å²) in [5.41, 5.74) is 2.03.